The first-order valence-electron chi connectivity index (χ1n) is 8.08. The van der Waals surface area contributed by atoms with Gasteiger partial charge in [0.1, 0.15) is 0 Å². The number of aryl methyl sites for hydroxylation is 2. The van der Waals surface area contributed by atoms with Crippen LogP contribution in [-0.4, -0.2) is 19.2 Å². The first-order valence-corrected chi connectivity index (χ1v) is 8.08. The van der Waals surface area contributed by atoms with E-state index in [0.29, 0.717) is 17.9 Å². The summed E-state index contributed by atoms with van der Waals surface area (Å²) in [6.45, 7) is 0.491. The van der Waals surface area contributed by atoms with Gasteiger partial charge in [0.15, 0.2) is 5.65 Å². The Morgan fingerprint density at radius 1 is 0.960 bits per heavy atom. The predicted molar refractivity (Wildman–Crippen MR) is 97.2 cm³/mol. The second kappa shape index (κ2) is 6.24. The SMILES string of the molecule is Nc1nc(-c2ccccc2)cc2nn(CCc3ccccc3)c(=O)n12. The maximum Gasteiger partial charge on any atom is 0.353 e. The van der Waals surface area contributed by atoms with Gasteiger partial charge >= 0.3 is 5.69 Å². The topological polar surface area (TPSA) is 78.2 Å². The first-order chi connectivity index (χ1) is 12.2. The lowest BCUT2D eigenvalue weighted by atomic mass is 10.1. The lowest BCUT2D eigenvalue weighted by Gasteiger charge is -2.02. The highest BCUT2D eigenvalue weighted by atomic mass is 16.2. The number of aromatic nitrogens is 4. The van der Waals surface area contributed by atoms with Gasteiger partial charge in [-0.3, -0.25) is 0 Å². The van der Waals surface area contributed by atoms with Crippen molar-refractivity contribution in [3.8, 4) is 11.3 Å². The van der Waals surface area contributed by atoms with Gasteiger partial charge in [-0.15, -0.1) is 5.10 Å². The van der Waals surface area contributed by atoms with Crippen molar-refractivity contribution in [3.05, 3.63) is 82.8 Å². The van der Waals surface area contributed by atoms with E-state index in [9.17, 15) is 4.79 Å². The number of hydrogen-bond acceptors (Lipinski definition) is 4. The van der Waals surface area contributed by atoms with Crippen LogP contribution in [0.4, 0.5) is 5.95 Å². The zero-order valence-electron chi connectivity index (χ0n) is 13.5. The fourth-order valence-corrected chi connectivity index (χ4v) is 2.84. The highest BCUT2D eigenvalue weighted by Gasteiger charge is 2.12. The molecule has 0 spiro atoms. The highest BCUT2D eigenvalue weighted by Crippen LogP contribution is 2.19. The summed E-state index contributed by atoms with van der Waals surface area (Å²) < 4.78 is 2.78. The predicted octanol–water partition coefficient (Wildman–Crippen LogP) is 2.38. The van der Waals surface area contributed by atoms with Crippen LogP contribution < -0.4 is 11.4 Å². The summed E-state index contributed by atoms with van der Waals surface area (Å²) in [4.78, 5) is 16.9. The summed E-state index contributed by atoms with van der Waals surface area (Å²) in [5, 5.41) is 4.42. The van der Waals surface area contributed by atoms with Gasteiger partial charge in [0.25, 0.3) is 0 Å². The molecule has 0 atom stereocenters. The summed E-state index contributed by atoms with van der Waals surface area (Å²) in [6.07, 6.45) is 0.726. The van der Waals surface area contributed by atoms with Crippen molar-refractivity contribution >= 4 is 11.6 Å². The number of anilines is 1. The molecule has 0 aliphatic heterocycles. The Kier molecular flexibility index (Phi) is 3.78. The van der Waals surface area contributed by atoms with Crippen LogP contribution in [0, 0.1) is 0 Å². The molecule has 0 radical (unpaired) electrons. The zero-order valence-corrected chi connectivity index (χ0v) is 13.5. The Hall–Kier alpha value is -3.41. The minimum Gasteiger partial charge on any atom is -0.369 e. The van der Waals surface area contributed by atoms with Crippen molar-refractivity contribution in [1.82, 2.24) is 19.2 Å². The minimum absolute atomic E-state index is 0.146. The summed E-state index contributed by atoms with van der Waals surface area (Å²) >= 11 is 0. The molecule has 0 saturated carbocycles. The third-order valence-electron chi connectivity index (χ3n) is 4.12. The van der Waals surface area contributed by atoms with E-state index in [-0.39, 0.29) is 11.6 Å². The van der Waals surface area contributed by atoms with Gasteiger partial charge in [-0.1, -0.05) is 60.7 Å². The number of fused-ring (bicyclic) bond motifs is 1. The molecule has 2 aromatic heterocycles. The van der Waals surface area contributed by atoms with Crippen LogP contribution >= 0.6 is 0 Å². The zero-order chi connectivity index (χ0) is 17.2. The van der Waals surface area contributed by atoms with Crippen LogP contribution in [0.15, 0.2) is 71.5 Å². The molecule has 6 heteroatoms. The monoisotopic (exact) mass is 331 g/mol. The van der Waals surface area contributed by atoms with Gasteiger partial charge in [0.05, 0.1) is 12.2 Å². The van der Waals surface area contributed by atoms with Gasteiger partial charge < -0.3 is 5.73 Å². The third kappa shape index (κ3) is 2.89. The number of benzene rings is 2. The van der Waals surface area contributed by atoms with E-state index in [1.54, 1.807) is 6.07 Å². The highest BCUT2D eigenvalue weighted by molar-refractivity contribution is 5.65. The van der Waals surface area contributed by atoms with Crippen molar-refractivity contribution in [2.45, 2.75) is 13.0 Å². The molecule has 124 valence electrons. The molecular weight excluding hydrogens is 314 g/mol. The first kappa shape index (κ1) is 15.1. The molecule has 0 saturated heterocycles. The summed E-state index contributed by atoms with van der Waals surface area (Å²) in [5.74, 6) is 0.146. The van der Waals surface area contributed by atoms with Gasteiger partial charge in [0, 0.05) is 11.6 Å². The molecule has 0 aliphatic rings. The number of nitrogen functional groups attached to an aromatic ring is 1. The molecule has 25 heavy (non-hydrogen) atoms. The quantitative estimate of drug-likeness (QED) is 0.623. The van der Waals surface area contributed by atoms with Crippen molar-refractivity contribution < 1.29 is 0 Å². The van der Waals surface area contributed by atoms with Crippen molar-refractivity contribution in [2.24, 2.45) is 0 Å². The molecule has 6 nitrogen and oxygen atoms in total. The Labute approximate surface area is 144 Å². The van der Waals surface area contributed by atoms with E-state index in [2.05, 4.69) is 10.1 Å². The summed E-state index contributed by atoms with van der Waals surface area (Å²) in [7, 11) is 0. The minimum atomic E-state index is -0.268. The Morgan fingerprint density at radius 3 is 2.36 bits per heavy atom. The Balaban J connectivity index is 1.72. The molecule has 0 amide bonds. The molecule has 0 bridgehead atoms. The van der Waals surface area contributed by atoms with Crippen LogP contribution in [0.1, 0.15) is 5.56 Å². The van der Waals surface area contributed by atoms with E-state index < -0.39 is 0 Å². The van der Waals surface area contributed by atoms with E-state index in [0.717, 1.165) is 17.5 Å². The van der Waals surface area contributed by atoms with Crippen molar-refractivity contribution in [3.63, 3.8) is 0 Å². The lowest BCUT2D eigenvalue weighted by Crippen LogP contribution is -2.23. The largest absolute Gasteiger partial charge is 0.369 e. The molecule has 2 heterocycles. The molecule has 0 unspecified atom stereocenters. The standard InChI is InChI=1S/C19H17N5O/c20-18-21-16(15-9-5-2-6-10-15)13-17-22-23(19(25)24(17)18)12-11-14-7-3-1-4-8-14/h1-10,13H,11-12H2,(H2,20,21). The molecule has 0 aliphatic carbocycles. The molecule has 4 aromatic rings. The number of hydrogen-bond donors (Lipinski definition) is 1. The number of nitrogens with two attached hydrogens (primary N) is 1. The van der Waals surface area contributed by atoms with Crippen LogP contribution in [-0.2, 0) is 13.0 Å². The summed E-state index contributed by atoms with van der Waals surface area (Å²) in [6, 6.07) is 21.5. The van der Waals surface area contributed by atoms with Crippen LogP contribution in [0.5, 0.6) is 0 Å². The summed E-state index contributed by atoms with van der Waals surface area (Å²) in [5.41, 5.74) is 9.04. The lowest BCUT2D eigenvalue weighted by molar-refractivity contribution is 0.593. The van der Waals surface area contributed by atoms with Crippen LogP contribution in [0.3, 0.4) is 0 Å². The van der Waals surface area contributed by atoms with E-state index in [4.69, 9.17) is 5.73 Å². The smallest absolute Gasteiger partial charge is 0.353 e. The average Bonchev–Trinajstić information content (AvgIpc) is 2.98. The van der Waals surface area contributed by atoms with Crippen molar-refractivity contribution in [2.75, 3.05) is 5.73 Å². The fraction of sp³-hybridized carbons (Fsp3) is 0.105. The van der Waals surface area contributed by atoms with Gasteiger partial charge in [-0.05, 0) is 12.0 Å². The van der Waals surface area contributed by atoms with E-state index >= 15 is 0 Å². The third-order valence-corrected chi connectivity index (χ3v) is 4.12. The maximum absolute atomic E-state index is 12.6. The van der Waals surface area contributed by atoms with Crippen LogP contribution in [0.25, 0.3) is 16.9 Å². The van der Waals surface area contributed by atoms with E-state index in [1.165, 1.54) is 9.08 Å². The van der Waals surface area contributed by atoms with Crippen LogP contribution in [0.2, 0.25) is 0 Å². The van der Waals surface area contributed by atoms with E-state index in [1.807, 2.05) is 60.7 Å². The van der Waals surface area contributed by atoms with Crippen molar-refractivity contribution in [1.29, 1.82) is 0 Å². The number of rotatable bonds is 4. The van der Waals surface area contributed by atoms with Gasteiger partial charge in [0.2, 0.25) is 5.95 Å². The molecule has 2 aromatic carbocycles. The van der Waals surface area contributed by atoms with Gasteiger partial charge in [-0.25, -0.2) is 18.9 Å². The normalized spacial score (nSPS) is 11.0. The molecule has 4 rings (SSSR count). The molecule has 2 N–H and O–H groups in total. The molecule has 0 fully saturated rings. The fourth-order valence-electron chi connectivity index (χ4n) is 2.84. The second-order valence-electron chi connectivity index (χ2n) is 5.80. The maximum atomic E-state index is 12.6. The molecular formula is C19H17N5O. The van der Waals surface area contributed by atoms with Gasteiger partial charge in [-0.2, -0.15) is 0 Å². The number of nitrogens with zero attached hydrogens (tertiary/aromatic N) is 4. The Morgan fingerprint density at radius 2 is 1.64 bits per heavy atom. The second-order valence-corrected chi connectivity index (χ2v) is 5.80. The Bertz CT molecular complexity index is 1070. The average molecular weight is 331 g/mol.